The molecule has 3 aromatic rings. The molecule has 0 aromatic heterocycles. The lowest BCUT2D eigenvalue weighted by Gasteiger charge is -2.17. The average molecular weight is 531 g/mol. The molecule has 0 radical (unpaired) electrons. The van der Waals surface area contributed by atoms with E-state index in [2.05, 4.69) is 5.32 Å². The number of hydrogen-bond acceptors (Lipinski definition) is 3. The summed E-state index contributed by atoms with van der Waals surface area (Å²) in [5.41, 5.74) is 4.84. The predicted octanol–water partition coefficient (Wildman–Crippen LogP) is 4.96. The number of nitrogens with one attached hydrogen (secondary N) is 1. The van der Waals surface area contributed by atoms with E-state index in [0.717, 1.165) is 22.3 Å². The number of carbonyl (C=O) groups excluding carboxylic acids is 1. The van der Waals surface area contributed by atoms with Crippen LogP contribution in [0.3, 0.4) is 0 Å². The first-order valence-electron chi connectivity index (χ1n) is 9.71. The molecule has 7 heteroatoms. The Labute approximate surface area is 192 Å². The molecule has 0 unspecified atom stereocenters. The molecule has 5 nitrogen and oxygen atoms in total. The Morgan fingerprint density at radius 3 is 2.23 bits per heavy atom. The summed E-state index contributed by atoms with van der Waals surface area (Å²) in [6, 6.07) is 19.0. The third-order valence-electron chi connectivity index (χ3n) is 5.30. The van der Waals surface area contributed by atoms with Gasteiger partial charge in [0.2, 0.25) is 0 Å². The van der Waals surface area contributed by atoms with Crippen molar-refractivity contribution in [2.24, 2.45) is 0 Å². The van der Waals surface area contributed by atoms with Crippen molar-refractivity contribution in [3.8, 4) is 11.1 Å². The van der Waals surface area contributed by atoms with Crippen LogP contribution in [0.25, 0.3) is 11.1 Å². The molecule has 31 heavy (non-hydrogen) atoms. The van der Waals surface area contributed by atoms with Crippen LogP contribution in [0.1, 0.15) is 22.6 Å². The molecule has 0 spiro atoms. The molecular formula is C24H19FINO4. The lowest BCUT2D eigenvalue weighted by molar-refractivity contribution is -0.139. The van der Waals surface area contributed by atoms with Gasteiger partial charge in [-0.05, 0) is 68.6 Å². The summed E-state index contributed by atoms with van der Waals surface area (Å²) >= 11 is 1.96. The van der Waals surface area contributed by atoms with Gasteiger partial charge in [-0.2, -0.15) is 0 Å². The molecule has 0 aliphatic heterocycles. The van der Waals surface area contributed by atoms with Crippen molar-refractivity contribution in [1.82, 2.24) is 5.32 Å². The topological polar surface area (TPSA) is 75.6 Å². The van der Waals surface area contributed by atoms with Crippen molar-refractivity contribution in [1.29, 1.82) is 0 Å². The van der Waals surface area contributed by atoms with Crippen molar-refractivity contribution in [3.05, 3.63) is 92.8 Å². The van der Waals surface area contributed by atoms with Crippen molar-refractivity contribution in [3.63, 3.8) is 0 Å². The zero-order valence-corrected chi connectivity index (χ0v) is 18.5. The van der Waals surface area contributed by atoms with E-state index in [1.165, 1.54) is 12.1 Å². The summed E-state index contributed by atoms with van der Waals surface area (Å²) in [5, 5.41) is 11.9. The maximum absolute atomic E-state index is 13.6. The van der Waals surface area contributed by atoms with Gasteiger partial charge in [0.05, 0.1) is 0 Å². The molecule has 0 bridgehead atoms. The monoisotopic (exact) mass is 531 g/mol. The molecule has 0 fully saturated rings. The second-order valence-electron chi connectivity index (χ2n) is 7.34. The Kier molecular flexibility index (Phi) is 6.22. The lowest BCUT2D eigenvalue weighted by Crippen LogP contribution is -2.43. The molecule has 3 aromatic carbocycles. The molecule has 1 aliphatic carbocycles. The Bertz CT molecular complexity index is 1080. The van der Waals surface area contributed by atoms with Crippen molar-refractivity contribution in [2.45, 2.75) is 18.4 Å². The maximum Gasteiger partial charge on any atom is 0.407 e. The predicted molar refractivity (Wildman–Crippen MR) is 122 cm³/mol. The number of fused-ring (bicyclic) bond motifs is 3. The van der Waals surface area contributed by atoms with Crippen LogP contribution in [0, 0.1) is 9.39 Å². The number of aliphatic carboxylic acids is 1. The van der Waals surface area contributed by atoms with E-state index in [4.69, 9.17) is 4.74 Å². The van der Waals surface area contributed by atoms with Crippen LogP contribution >= 0.6 is 22.6 Å². The van der Waals surface area contributed by atoms with E-state index in [0.29, 0.717) is 9.13 Å². The van der Waals surface area contributed by atoms with E-state index in [1.54, 1.807) is 6.07 Å². The number of benzene rings is 3. The van der Waals surface area contributed by atoms with Gasteiger partial charge in [0.25, 0.3) is 0 Å². The first-order chi connectivity index (χ1) is 14.9. The Balaban J connectivity index is 1.44. The van der Waals surface area contributed by atoms with Gasteiger partial charge in [0, 0.05) is 15.9 Å². The fourth-order valence-electron chi connectivity index (χ4n) is 3.95. The van der Waals surface area contributed by atoms with Crippen molar-refractivity contribution in [2.75, 3.05) is 6.61 Å². The first-order valence-corrected chi connectivity index (χ1v) is 10.8. The zero-order chi connectivity index (χ0) is 22.0. The highest BCUT2D eigenvalue weighted by atomic mass is 127. The van der Waals surface area contributed by atoms with Crippen LogP contribution in [0.5, 0.6) is 0 Å². The number of ether oxygens (including phenoxy) is 1. The smallest absolute Gasteiger partial charge is 0.407 e. The average Bonchev–Trinajstić information content (AvgIpc) is 3.05. The minimum absolute atomic E-state index is 0.0483. The van der Waals surface area contributed by atoms with Crippen LogP contribution in [-0.4, -0.2) is 29.8 Å². The van der Waals surface area contributed by atoms with E-state index in [-0.39, 0.29) is 18.9 Å². The SMILES string of the molecule is O=C(N[C@@H](Cc1cc(F)cc(I)c1)C(=O)O)OCC1c2ccccc2-c2ccccc21. The first kappa shape index (κ1) is 21.3. The fraction of sp³-hybridized carbons (Fsp3) is 0.167. The van der Waals surface area contributed by atoms with Crippen LogP contribution in [0.2, 0.25) is 0 Å². The van der Waals surface area contributed by atoms with Gasteiger partial charge in [-0.25, -0.2) is 14.0 Å². The second kappa shape index (κ2) is 9.05. The van der Waals surface area contributed by atoms with Gasteiger partial charge in [-0.15, -0.1) is 0 Å². The number of carboxylic acid groups (broad SMARTS) is 1. The van der Waals surface area contributed by atoms with Crippen molar-refractivity contribution < 1.29 is 23.8 Å². The molecule has 4 rings (SSSR count). The normalized spacial score (nSPS) is 13.2. The number of carboxylic acids is 1. The third kappa shape index (κ3) is 4.71. The number of halogens is 2. The Morgan fingerprint density at radius 1 is 1.03 bits per heavy atom. The van der Waals surface area contributed by atoms with E-state index >= 15 is 0 Å². The largest absolute Gasteiger partial charge is 0.480 e. The van der Waals surface area contributed by atoms with Gasteiger partial charge in [0.1, 0.15) is 18.5 Å². The Hall–Kier alpha value is -2.94. The van der Waals surface area contributed by atoms with E-state index in [9.17, 15) is 19.1 Å². The number of rotatable bonds is 6. The summed E-state index contributed by atoms with van der Waals surface area (Å²) in [6.45, 7) is 0.0874. The van der Waals surface area contributed by atoms with Gasteiger partial charge >= 0.3 is 12.1 Å². The van der Waals surface area contributed by atoms with Gasteiger partial charge in [-0.3, -0.25) is 0 Å². The number of alkyl carbamates (subject to hydrolysis) is 1. The molecule has 1 atom stereocenters. The molecule has 0 heterocycles. The highest BCUT2D eigenvalue weighted by Gasteiger charge is 2.29. The molecule has 0 saturated carbocycles. The highest BCUT2D eigenvalue weighted by molar-refractivity contribution is 14.1. The molecule has 1 amide bonds. The summed E-state index contributed by atoms with van der Waals surface area (Å²) < 4.78 is 19.7. The Morgan fingerprint density at radius 2 is 1.65 bits per heavy atom. The van der Waals surface area contributed by atoms with E-state index in [1.807, 2.05) is 71.1 Å². The van der Waals surface area contributed by atoms with Crippen LogP contribution in [-0.2, 0) is 16.0 Å². The van der Waals surface area contributed by atoms with Gasteiger partial charge in [0.15, 0.2) is 0 Å². The maximum atomic E-state index is 13.6. The van der Waals surface area contributed by atoms with Gasteiger partial charge < -0.3 is 15.2 Å². The lowest BCUT2D eigenvalue weighted by atomic mass is 9.98. The zero-order valence-electron chi connectivity index (χ0n) is 16.3. The highest BCUT2D eigenvalue weighted by Crippen LogP contribution is 2.44. The third-order valence-corrected chi connectivity index (χ3v) is 5.92. The molecule has 158 valence electrons. The fourth-order valence-corrected chi connectivity index (χ4v) is 4.64. The molecule has 2 N–H and O–H groups in total. The van der Waals surface area contributed by atoms with Crippen LogP contribution in [0.4, 0.5) is 9.18 Å². The standard InChI is InChI=1S/C24H19FINO4/c25-15-9-14(10-16(26)12-15)11-22(23(28)29)27-24(30)31-13-21-19-7-3-1-5-17(19)18-6-2-4-8-20(18)21/h1-10,12,21-22H,11,13H2,(H,27,30)(H,28,29)/t22-/m0/s1. The number of hydrogen-bond donors (Lipinski definition) is 2. The number of carbonyl (C=O) groups is 2. The molecule has 0 saturated heterocycles. The number of amides is 1. The second-order valence-corrected chi connectivity index (χ2v) is 8.59. The molecule has 1 aliphatic rings. The molecular weight excluding hydrogens is 512 g/mol. The summed E-state index contributed by atoms with van der Waals surface area (Å²) in [7, 11) is 0. The van der Waals surface area contributed by atoms with E-state index < -0.39 is 23.9 Å². The van der Waals surface area contributed by atoms with Crippen molar-refractivity contribution >= 4 is 34.7 Å². The quantitative estimate of drug-likeness (QED) is 0.441. The van der Waals surface area contributed by atoms with Crippen LogP contribution < -0.4 is 5.32 Å². The minimum atomic E-state index is -1.23. The summed E-state index contributed by atoms with van der Waals surface area (Å²) in [6.07, 6.45) is -0.867. The summed E-state index contributed by atoms with van der Waals surface area (Å²) in [4.78, 5) is 24.0. The van der Waals surface area contributed by atoms with Crippen LogP contribution in [0.15, 0.2) is 66.7 Å². The van der Waals surface area contributed by atoms with Gasteiger partial charge in [-0.1, -0.05) is 48.5 Å². The minimum Gasteiger partial charge on any atom is -0.480 e. The summed E-state index contributed by atoms with van der Waals surface area (Å²) in [5.74, 6) is -1.79.